The lowest BCUT2D eigenvalue weighted by molar-refractivity contribution is 0.183. The van der Waals surface area contributed by atoms with Gasteiger partial charge in [0.15, 0.2) is 0 Å². The van der Waals surface area contributed by atoms with Crippen molar-refractivity contribution >= 4 is 11.7 Å². The number of amides is 2. The molecular weight excluding hydrogens is 322 g/mol. The fourth-order valence-corrected chi connectivity index (χ4v) is 2.91. The smallest absolute Gasteiger partial charge is 0.324 e. The highest BCUT2D eigenvalue weighted by Gasteiger charge is 2.25. The Morgan fingerprint density at radius 1 is 1.36 bits per heavy atom. The van der Waals surface area contributed by atoms with E-state index in [9.17, 15) is 9.59 Å². The highest BCUT2D eigenvalue weighted by atomic mass is 16.2. The molecule has 0 radical (unpaired) electrons. The third kappa shape index (κ3) is 3.86. The molecule has 1 aliphatic rings. The third-order valence-electron chi connectivity index (χ3n) is 4.70. The number of carbonyl (C=O) groups is 1. The monoisotopic (exact) mass is 345 g/mol. The Hall–Kier alpha value is -2.71. The summed E-state index contributed by atoms with van der Waals surface area (Å²) in [5.74, 6) is 1.09. The number of hydrogen-bond acceptors (Lipinski definition) is 5. The van der Waals surface area contributed by atoms with Crippen LogP contribution in [0.4, 0.5) is 10.5 Å². The molecule has 9 heteroatoms. The van der Waals surface area contributed by atoms with Crippen molar-refractivity contribution < 1.29 is 4.79 Å². The van der Waals surface area contributed by atoms with Crippen molar-refractivity contribution in [3.05, 3.63) is 35.0 Å². The van der Waals surface area contributed by atoms with Crippen LogP contribution >= 0.6 is 0 Å². The molecule has 0 saturated carbocycles. The van der Waals surface area contributed by atoms with Gasteiger partial charge in [0.1, 0.15) is 12.2 Å². The number of H-pyrrole nitrogens is 1. The van der Waals surface area contributed by atoms with Crippen LogP contribution in [0.25, 0.3) is 0 Å². The second-order valence-electron chi connectivity index (χ2n) is 6.36. The zero-order valence-electron chi connectivity index (χ0n) is 14.5. The largest absolute Gasteiger partial charge is 0.343 e. The number of likely N-dealkylation sites (tertiary alicyclic amines) is 1. The van der Waals surface area contributed by atoms with E-state index in [1.54, 1.807) is 21.9 Å². The molecule has 25 heavy (non-hydrogen) atoms. The lowest BCUT2D eigenvalue weighted by Gasteiger charge is -2.31. The van der Waals surface area contributed by atoms with Crippen molar-refractivity contribution in [3.8, 4) is 0 Å². The minimum atomic E-state index is -0.207. The maximum absolute atomic E-state index is 12.4. The summed E-state index contributed by atoms with van der Waals surface area (Å²) in [5.41, 5.74) is 0.381. The van der Waals surface area contributed by atoms with Gasteiger partial charge in [0, 0.05) is 25.0 Å². The van der Waals surface area contributed by atoms with Gasteiger partial charge in [0.25, 0.3) is 0 Å². The topological polar surface area (TPSA) is 109 Å². The molecular formula is C16H23N7O2. The molecule has 0 spiro atoms. The molecule has 2 aromatic rings. The average Bonchev–Trinajstić information content (AvgIpc) is 3.07. The molecule has 1 saturated heterocycles. The van der Waals surface area contributed by atoms with E-state index in [0.29, 0.717) is 24.7 Å². The van der Waals surface area contributed by atoms with Gasteiger partial charge in [0.2, 0.25) is 0 Å². The average molecular weight is 345 g/mol. The number of anilines is 1. The molecule has 0 aromatic carbocycles. The van der Waals surface area contributed by atoms with Gasteiger partial charge in [-0.05, 0) is 19.3 Å². The van der Waals surface area contributed by atoms with E-state index in [-0.39, 0.29) is 17.8 Å². The van der Waals surface area contributed by atoms with Gasteiger partial charge in [-0.3, -0.25) is 4.57 Å². The van der Waals surface area contributed by atoms with E-state index in [1.807, 2.05) is 0 Å². The Bertz CT molecular complexity index is 759. The van der Waals surface area contributed by atoms with Crippen LogP contribution in [0.1, 0.15) is 50.9 Å². The van der Waals surface area contributed by atoms with E-state index in [4.69, 9.17) is 0 Å². The van der Waals surface area contributed by atoms with E-state index in [2.05, 4.69) is 39.3 Å². The molecule has 0 aliphatic carbocycles. The molecule has 2 amide bonds. The number of carbonyl (C=O) groups excluding carboxylic acids is 1. The van der Waals surface area contributed by atoms with E-state index in [1.165, 1.54) is 6.33 Å². The maximum Gasteiger partial charge on any atom is 0.343 e. The summed E-state index contributed by atoms with van der Waals surface area (Å²) in [4.78, 5) is 34.3. The van der Waals surface area contributed by atoms with Crippen LogP contribution in [0.3, 0.4) is 0 Å². The van der Waals surface area contributed by atoms with Crippen molar-refractivity contribution in [1.82, 2.24) is 29.6 Å². The number of aromatic amines is 1. The lowest BCUT2D eigenvalue weighted by Crippen LogP contribution is -2.42. The quantitative estimate of drug-likeness (QED) is 0.877. The van der Waals surface area contributed by atoms with Gasteiger partial charge < -0.3 is 10.2 Å². The first-order chi connectivity index (χ1) is 12.1. The van der Waals surface area contributed by atoms with Crippen molar-refractivity contribution in [2.24, 2.45) is 0 Å². The molecule has 1 unspecified atom stereocenters. The normalized spacial score (nSPS) is 16.6. The number of aromatic nitrogens is 5. The fraction of sp³-hybridized carbons (Fsp3) is 0.562. The van der Waals surface area contributed by atoms with Gasteiger partial charge >= 0.3 is 11.7 Å². The summed E-state index contributed by atoms with van der Waals surface area (Å²) < 4.78 is 1.59. The second kappa shape index (κ2) is 7.45. The van der Waals surface area contributed by atoms with Crippen LogP contribution in [0.15, 0.2) is 23.5 Å². The zero-order chi connectivity index (χ0) is 17.8. The van der Waals surface area contributed by atoms with Gasteiger partial charge in [-0.2, -0.15) is 5.10 Å². The van der Waals surface area contributed by atoms with E-state index in [0.717, 1.165) is 25.1 Å². The summed E-state index contributed by atoms with van der Waals surface area (Å²) in [7, 11) is 0. The van der Waals surface area contributed by atoms with Crippen LogP contribution < -0.4 is 11.0 Å². The predicted octanol–water partition coefficient (Wildman–Crippen LogP) is 1.74. The first-order valence-corrected chi connectivity index (χ1v) is 8.57. The highest BCUT2D eigenvalue weighted by Crippen LogP contribution is 2.21. The van der Waals surface area contributed by atoms with Gasteiger partial charge in [-0.1, -0.05) is 13.8 Å². The molecule has 9 nitrogen and oxygen atoms in total. The van der Waals surface area contributed by atoms with E-state index >= 15 is 0 Å². The van der Waals surface area contributed by atoms with Gasteiger partial charge in [-0.15, -0.1) is 0 Å². The Morgan fingerprint density at radius 3 is 2.60 bits per heavy atom. The molecule has 1 fully saturated rings. The minimum absolute atomic E-state index is 0.0773. The number of nitrogens with one attached hydrogen (secondary N) is 2. The van der Waals surface area contributed by atoms with Crippen LogP contribution in [-0.4, -0.2) is 48.8 Å². The number of piperidine rings is 1. The van der Waals surface area contributed by atoms with Gasteiger partial charge in [0.05, 0.1) is 18.1 Å². The lowest BCUT2D eigenvalue weighted by atomic mass is 10.1. The summed E-state index contributed by atoms with van der Waals surface area (Å²) in [6.07, 6.45) is 7.21. The summed E-state index contributed by atoms with van der Waals surface area (Å²) in [6, 6.07) is -0.0914. The van der Waals surface area contributed by atoms with Crippen LogP contribution in [0, 0.1) is 0 Å². The Morgan fingerprint density at radius 2 is 2.04 bits per heavy atom. The molecule has 0 bridgehead atoms. The Kier molecular flexibility index (Phi) is 5.11. The van der Waals surface area contributed by atoms with Crippen molar-refractivity contribution in [3.63, 3.8) is 0 Å². The number of nitrogens with zero attached hydrogens (tertiary/aromatic N) is 5. The van der Waals surface area contributed by atoms with E-state index < -0.39 is 0 Å². The highest BCUT2D eigenvalue weighted by molar-refractivity contribution is 5.89. The molecule has 2 aromatic heterocycles. The number of urea groups is 1. The van der Waals surface area contributed by atoms with Crippen molar-refractivity contribution in [1.29, 1.82) is 0 Å². The molecule has 1 aliphatic heterocycles. The Balaban J connectivity index is 1.54. The second-order valence-corrected chi connectivity index (χ2v) is 6.36. The van der Waals surface area contributed by atoms with Crippen LogP contribution in [-0.2, 0) is 0 Å². The minimum Gasteiger partial charge on any atom is -0.324 e. The van der Waals surface area contributed by atoms with Crippen molar-refractivity contribution in [2.45, 2.75) is 45.1 Å². The SMILES string of the molecule is CCC(C)c1ncc(NC(=O)N2CCC(n3cn[nH]c3=O)CC2)cn1. The third-order valence-corrected chi connectivity index (χ3v) is 4.70. The first kappa shape index (κ1) is 17.1. The summed E-state index contributed by atoms with van der Waals surface area (Å²) in [6.45, 7) is 5.33. The molecule has 1 atom stereocenters. The van der Waals surface area contributed by atoms with Crippen LogP contribution in [0.5, 0.6) is 0 Å². The molecule has 2 N–H and O–H groups in total. The molecule has 134 valence electrons. The summed E-state index contributed by atoms with van der Waals surface area (Å²) >= 11 is 0. The van der Waals surface area contributed by atoms with Crippen molar-refractivity contribution in [2.75, 3.05) is 18.4 Å². The van der Waals surface area contributed by atoms with Crippen LogP contribution in [0.2, 0.25) is 0 Å². The predicted molar refractivity (Wildman–Crippen MR) is 92.4 cm³/mol. The fourth-order valence-electron chi connectivity index (χ4n) is 2.91. The molecule has 3 rings (SSSR count). The standard InChI is InChI=1S/C16H23N7O2/c1-3-11(2)14-17-8-12(9-18-14)20-15(24)22-6-4-13(5-7-22)23-10-19-21-16(23)25/h8-11,13H,3-7H2,1-2H3,(H,20,24)(H,21,25). The molecule has 3 heterocycles. The Labute approximate surface area is 145 Å². The number of hydrogen-bond donors (Lipinski definition) is 2. The number of rotatable bonds is 4. The maximum atomic E-state index is 12.4. The zero-order valence-corrected chi connectivity index (χ0v) is 14.5. The first-order valence-electron chi connectivity index (χ1n) is 8.57. The van der Waals surface area contributed by atoms with Gasteiger partial charge in [-0.25, -0.2) is 24.7 Å². The summed E-state index contributed by atoms with van der Waals surface area (Å²) in [5, 5.41) is 8.98.